The number of hydrogen-bond acceptors (Lipinski definition) is 11. The molecule has 0 aliphatic carbocycles. The van der Waals surface area contributed by atoms with Crippen LogP contribution in [0.4, 0.5) is 0 Å². The predicted octanol–water partition coefficient (Wildman–Crippen LogP) is 0.921. The van der Waals surface area contributed by atoms with E-state index >= 15 is 0 Å². The summed E-state index contributed by atoms with van der Waals surface area (Å²) in [7, 11) is 6.18. The fourth-order valence-electron chi connectivity index (χ4n) is 7.21. The van der Waals surface area contributed by atoms with E-state index < -0.39 is 47.9 Å². The summed E-state index contributed by atoms with van der Waals surface area (Å²) in [4.78, 5) is 98.9. The summed E-state index contributed by atoms with van der Waals surface area (Å²) in [5.74, 6) is -3.35. The summed E-state index contributed by atoms with van der Waals surface area (Å²) in [6, 6.07) is -1.73. The first-order valence-electron chi connectivity index (χ1n) is 19.3. The van der Waals surface area contributed by atoms with Gasteiger partial charge in [0.1, 0.15) is 11.0 Å². The topological polar surface area (TPSA) is 209 Å². The molecule has 0 aromatic carbocycles. The summed E-state index contributed by atoms with van der Waals surface area (Å²) in [6.07, 6.45) is 2.51. The summed E-state index contributed by atoms with van der Waals surface area (Å²) in [5.41, 5.74) is 0. The number of hydrogen-bond donors (Lipinski definition) is 4. The molecule has 2 rings (SSSR count). The molecule has 0 spiro atoms. The number of amides is 7. The summed E-state index contributed by atoms with van der Waals surface area (Å²) in [6.45, 7) is 10.9. The van der Waals surface area contributed by atoms with Gasteiger partial charge in [0.2, 0.25) is 41.4 Å². The van der Waals surface area contributed by atoms with Crippen LogP contribution in [-0.2, 0) is 49.6 Å². The van der Waals surface area contributed by atoms with Crippen molar-refractivity contribution in [1.29, 1.82) is 0 Å². The van der Waals surface area contributed by atoms with Gasteiger partial charge in [0.25, 0.3) is 0 Å². The lowest BCUT2D eigenvalue weighted by atomic mass is 9.90. The highest BCUT2D eigenvalue weighted by Crippen LogP contribution is 2.29. The monoisotopic (exact) mass is 808 g/mol. The van der Waals surface area contributed by atoms with Crippen LogP contribution in [0.3, 0.4) is 0 Å². The molecule has 0 bridgehead atoms. The first kappa shape index (κ1) is 48.0. The molecule has 17 nitrogen and oxygen atoms in total. The number of ether oxygens (including phenoxy) is 2. The molecule has 7 atom stereocenters. The maximum Gasteiger partial charge on any atom is 0.243 e. The smallest absolute Gasteiger partial charge is 0.243 e. The Labute approximate surface area is 335 Å². The zero-order valence-electron chi connectivity index (χ0n) is 34.7. The van der Waals surface area contributed by atoms with E-state index in [9.17, 15) is 33.6 Å². The number of likely N-dealkylation sites (N-methyl/N-ethyl adjacent to an activating group) is 2. The van der Waals surface area contributed by atoms with E-state index in [-0.39, 0.29) is 74.0 Å². The molecule has 0 saturated carbocycles. The zero-order chi connectivity index (χ0) is 42.1. The third kappa shape index (κ3) is 14.1. The van der Waals surface area contributed by atoms with Gasteiger partial charge in [0.15, 0.2) is 0 Å². The molecular weight excluding hydrogens is 745 g/mol. The van der Waals surface area contributed by atoms with Crippen LogP contribution in [0.15, 0.2) is 11.6 Å². The van der Waals surface area contributed by atoms with Crippen LogP contribution in [-0.4, -0.2) is 146 Å². The maximum atomic E-state index is 14.0. The molecule has 1 aliphatic rings. The summed E-state index contributed by atoms with van der Waals surface area (Å²) >= 11 is 1.45. The number of rotatable bonds is 23. The third-order valence-electron chi connectivity index (χ3n) is 10.5. The Morgan fingerprint density at radius 3 is 2.20 bits per heavy atom. The van der Waals surface area contributed by atoms with Crippen LogP contribution < -0.4 is 21.3 Å². The lowest BCUT2D eigenvalue weighted by Gasteiger charge is -2.39. The lowest BCUT2D eigenvalue weighted by Crippen LogP contribution is -2.56. The van der Waals surface area contributed by atoms with Crippen LogP contribution in [0.1, 0.15) is 78.7 Å². The number of carbonyl (C=O) groups excluding carboxylic acids is 7. The van der Waals surface area contributed by atoms with Gasteiger partial charge < -0.3 is 45.4 Å². The number of nitrogens with one attached hydrogen (secondary N) is 4. The average Bonchev–Trinajstić information content (AvgIpc) is 3.87. The largest absolute Gasteiger partial charge is 0.379 e. The second-order valence-electron chi connectivity index (χ2n) is 14.7. The normalized spacial score (nSPS) is 17.2. The van der Waals surface area contributed by atoms with E-state index in [4.69, 9.17) is 9.47 Å². The van der Waals surface area contributed by atoms with Crippen molar-refractivity contribution in [2.24, 2.45) is 17.8 Å². The standard InChI is InChI=1S/C38H64N8O9S/c1-11-24(4)35(45(8)33(51)22-43-38(53)34(23(2)3)44(7)31(49)14-15-39-29(48)20-41-26(6)47)28(54-9)19-32(50)46-17-12-13-27(46)36(55-10)25(5)37(52)42-21-30-40-16-18-56-30/h16,18,23-25,27-28,34-36H,11-15,17,19-22H2,1-10H3,(H,39,48)(H,41,47)(H,42,52)(H,43,53)/t24-,25+,27-,28+,34?,35-,36+/m0/s1. The molecule has 316 valence electrons. The van der Waals surface area contributed by atoms with Crippen molar-refractivity contribution in [2.75, 3.05) is 54.5 Å². The van der Waals surface area contributed by atoms with Gasteiger partial charge in [0.05, 0.1) is 56.3 Å². The first-order valence-corrected chi connectivity index (χ1v) is 20.2. The molecular formula is C38H64N8O9S. The highest BCUT2D eigenvalue weighted by atomic mass is 32.1. The van der Waals surface area contributed by atoms with E-state index in [0.29, 0.717) is 25.9 Å². The van der Waals surface area contributed by atoms with Crippen molar-refractivity contribution in [1.82, 2.24) is 41.0 Å². The quantitative estimate of drug-likeness (QED) is 0.123. The third-order valence-corrected chi connectivity index (χ3v) is 11.3. The van der Waals surface area contributed by atoms with Crippen LogP contribution >= 0.6 is 11.3 Å². The molecule has 56 heavy (non-hydrogen) atoms. The summed E-state index contributed by atoms with van der Waals surface area (Å²) < 4.78 is 11.8. The van der Waals surface area contributed by atoms with Crippen LogP contribution in [0, 0.1) is 17.8 Å². The highest BCUT2D eigenvalue weighted by molar-refractivity contribution is 7.09. The Morgan fingerprint density at radius 2 is 1.62 bits per heavy atom. The lowest BCUT2D eigenvalue weighted by molar-refractivity contribution is -0.146. The fraction of sp³-hybridized carbons (Fsp3) is 0.737. The minimum absolute atomic E-state index is 0.0108. The van der Waals surface area contributed by atoms with Crippen LogP contribution in [0.5, 0.6) is 0 Å². The number of nitrogens with zero attached hydrogens (tertiary/aromatic N) is 4. The van der Waals surface area contributed by atoms with E-state index in [1.165, 1.54) is 42.2 Å². The van der Waals surface area contributed by atoms with Gasteiger partial charge in [0, 0.05) is 66.3 Å². The van der Waals surface area contributed by atoms with Gasteiger partial charge in [-0.3, -0.25) is 33.6 Å². The average molecular weight is 809 g/mol. The van der Waals surface area contributed by atoms with Crippen molar-refractivity contribution >= 4 is 52.7 Å². The Bertz CT molecular complexity index is 1460. The fourth-order valence-corrected chi connectivity index (χ4v) is 7.77. The molecule has 2 heterocycles. The SMILES string of the molecule is CC[C@H](C)[C@@H]([C@@H](CC(=O)N1CCC[C@H]1[C@H](OC)[C@@H](C)C(=O)NCc1nccs1)OC)N(C)C(=O)CNC(=O)C(C(C)C)N(C)C(=O)CCNC(=O)CNC(C)=O. The van der Waals surface area contributed by atoms with Crippen molar-refractivity contribution in [3.63, 3.8) is 0 Å². The number of aromatic nitrogens is 1. The van der Waals surface area contributed by atoms with E-state index in [1.54, 1.807) is 46.0 Å². The van der Waals surface area contributed by atoms with E-state index in [1.807, 2.05) is 19.2 Å². The Kier molecular flexibility index (Phi) is 20.4. The van der Waals surface area contributed by atoms with Gasteiger partial charge >= 0.3 is 0 Å². The first-order chi connectivity index (χ1) is 26.5. The second-order valence-corrected chi connectivity index (χ2v) is 15.7. The molecule has 4 N–H and O–H groups in total. The molecule has 0 radical (unpaired) electrons. The van der Waals surface area contributed by atoms with Gasteiger partial charge in [-0.2, -0.15) is 0 Å². The molecule has 18 heteroatoms. The second kappa shape index (κ2) is 23.8. The predicted molar refractivity (Wildman–Crippen MR) is 211 cm³/mol. The molecule has 1 unspecified atom stereocenters. The number of methoxy groups -OCH3 is 2. The Hall–Kier alpha value is -4.16. The number of carbonyl (C=O) groups is 7. The molecule has 1 aliphatic heterocycles. The van der Waals surface area contributed by atoms with Crippen molar-refractivity contribution in [3.05, 3.63) is 16.6 Å². The van der Waals surface area contributed by atoms with Crippen LogP contribution in [0.2, 0.25) is 0 Å². The number of likely N-dealkylation sites (tertiary alicyclic amines) is 1. The van der Waals surface area contributed by atoms with Crippen LogP contribution in [0.25, 0.3) is 0 Å². The minimum Gasteiger partial charge on any atom is -0.379 e. The van der Waals surface area contributed by atoms with E-state index in [0.717, 1.165) is 11.4 Å². The van der Waals surface area contributed by atoms with Gasteiger partial charge in [-0.1, -0.05) is 41.0 Å². The zero-order valence-corrected chi connectivity index (χ0v) is 35.5. The van der Waals surface area contributed by atoms with Gasteiger partial charge in [-0.15, -0.1) is 11.3 Å². The molecule has 1 saturated heterocycles. The molecule has 1 aromatic rings. The minimum atomic E-state index is -0.887. The summed E-state index contributed by atoms with van der Waals surface area (Å²) in [5, 5.41) is 13.2. The number of thiazole rings is 1. The molecule has 1 fully saturated rings. The van der Waals surface area contributed by atoms with Crippen molar-refractivity contribution in [2.45, 2.75) is 111 Å². The Balaban J connectivity index is 2.08. The highest BCUT2D eigenvalue weighted by Gasteiger charge is 2.42. The van der Waals surface area contributed by atoms with Gasteiger partial charge in [-0.05, 0) is 24.7 Å². The van der Waals surface area contributed by atoms with E-state index in [2.05, 4.69) is 26.3 Å². The molecule has 7 amide bonds. The van der Waals surface area contributed by atoms with Gasteiger partial charge in [-0.25, -0.2) is 4.98 Å². The Morgan fingerprint density at radius 1 is 0.929 bits per heavy atom. The molecule has 1 aromatic heterocycles. The maximum absolute atomic E-state index is 14.0. The van der Waals surface area contributed by atoms with Crippen molar-refractivity contribution in [3.8, 4) is 0 Å². The van der Waals surface area contributed by atoms with Crippen molar-refractivity contribution < 1.29 is 43.0 Å².